The van der Waals surface area contributed by atoms with Gasteiger partial charge in [0.05, 0.1) is 13.2 Å². The van der Waals surface area contributed by atoms with Gasteiger partial charge in [0.1, 0.15) is 6.10 Å². The van der Waals surface area contributed by atoms with Crippen molar-refractivity contribution < 1.29 is 14.1 Å². The number of carbonyl (C=O) groups is 1. The second-order valence-electron chi connectivity index (χ2n) is 5.32. The molecule has 0 radical (unpaired) electrons. The van der Waals surface area contributed by atoms with Gasteiger partial charge in [0.2, 0.25) is 5.89 Å². The molecule has 0 bridgehead atoms. The maximum absolute atomic E-state index is 12.2. The molecule has 1 amide bonds. The highest BCUT2D eigenvalue weighted by Gasteiger charge is 2.25. The van der Waals surface area contributed by atoms with Crippen molar-refractivity contribution in [3.05, 3.63) is 24.4 Å². The molecular formula is C15H24N4O3. The van der Waals surface area contributed by atoms with Gasteiger partial charge in [-0.1, -0.05) is 18.2 Å². The maximum Gasteiger partial charge on any atom is 0.251 e. The first-order valence-corrected chi connectivity index (χ1v) is 7.69. The molecule has 7 heteroatoms. The Morgan fingerprint density at radius 1 is 1.45 bits per heavy atom. The summed E-state index contributed by atoms with van der Waals surface area (Å²) in [5.41, 5.74) is 0. The Morgan fingerprint density at radius 3 is 2.77 bits per heavy atom. The molecule has 0 saturated carbocycles. The first-order valence-electron chi connectivity index (χ1n) is 7.69. The summed E-state index contributed by atoms with van der Waals surface area (Å²) in [5.74, 6) is 1.41. The lowest BCUT2D eigenvalue weighted by atomic mass is 10.2. The van der Waals surface area contributed by atoms with E-state index in [0.717, 1.165) is 19.5 Å². The Bertz CT molecular complexity index is 495. The Labute approximate surface area is 130 Å². The van der Waals surface area contributed by atoms with Gasteiger partial charge in [-0.25, -0.2) is 0 Å². The van der Waals surface area contributed by atoms with Crippen molar-refractivity contribution in [2.24, 2.45) is 0 Å². The van der Waals surface area contributed by atoms with Crippen LogP contribution in [0.1, 0.15) is 25.6 Å². The molecule has 0 N–H and O–H groups in total. The number of hydrogen-bond donors (Lipinski definition) is 0. The van der Waals surface area contributed by atoms with Crippen LogP contribution < -0.4 is 0 Å². The van der Waals surface area contributed by atoms with Crippen LogP contribution in [-0.2, 0) is 22.5 Å². The van der Waals surface area contributed by atoms with Crippen LogP contribution in [0.2, 0.25) is 0 Å². The van der Waals surface area contributed by atoms with Gasteiger partial charge < -0.3 is 14.2 Å². The van der Waals surface area contributed by atoms with Gasteiger partial charge >= 0.3 is 0 Å². The predicted octanol–water partition coefficient (Wildman–Crippen LogP) is 0.867. The van der Waals surface area contributed by atoms with E-state index >= 15 is 0 Å². The van der Waals surface area contributed by atoms with Crippen LogP contribution in [0.25, 0.3) is 0 Å². The summed E-state index contributed by atoms with van der Waals surface area (Å²) in [6.45, 7) is 11.4. The van der Waals surface area contributed by atoms with Crippen LogP contribution in [0.15, 0.2) is 17.2 Å². The molecule has 122 valence electrons. The monoisotopic (exact) mass is 308 g/mol. The van der Waals surface area contributed by atoms with E-state index in [1.54, 1.807) is 13.0 Å². The van der Waals surface area contributed by atoms with Crippen molar-refractivity contribution in [2.45, 2.75) is 32.9 Å². The number of hydrogen-bond acceptors (Lipinski definition) is 6. The highest BCUT2D eigenvalue weighted by Crippen LogP contribution is 2.09. The fourth-order valence-corrected chi connectivity index (χ4v) is 2.37. The predicted molar refractivity (Wildman–Crippen MR) is 81.1 cm³/mol. The van der Waals surface area contributed by atoms with Crippen LogP contribution in [-0.4, -0.2) is 64.7 Å². The van der Waals surface area contributed by atoms with E-state index in [-0.39, 0.29) is 5.91 Å². The molecule has 0 aromatic carbocycles. The van der Waals surface area contributed by atoms with E-state index in [4.69, 9.17) is 9.26 Å². The standard InChI is InChI=1S/C15H24N4O3/c1-4-10-21-12(3)15(20)19-8-6-18(7-9-19)11-13-16-14(5-2)22-17-13/h4,12H,1,5-11H2,2-3H3. The number of nitrogens with zero attached hydrogens (tertiary/aromatic N) is 4. The van der Waals surface area contributed by atoms with E-state index in [1.165, 1.54) is 0 Å². The van der Waals surface area contributed by atoms with Crippen molar-refractivity contribution in [3.63, 3.8) is 0 Å². The van der Waals surface area contributed by atoms with Gasteiger partial charge in [-0.05, 0) is 6.92 Å². The smallest absolute Gasteiger partial charge is 0.251 e. The number of ether oxygens (including phenoxy) is 1. The largest absolute Gasteiger partial charge is 0.365 e. The normalized spacial score (nSPS) is 17.5. The summed E-state index contributed by atoms with van der Waals surface area (Å²) in [6.07, 6.45) is 1.98. The third kappa shape index (κ3) is 4.38. The summed E-state index contributed by atoms with van der Waals surface area (Å²) in [5, 5.41) is 3.96. The van der Waals surface area contributed by atoms with E-state index < -0.39 is 6.10 Å². The first-order chi connectivity index (χ1) is 10.6. The molecule has 1 unspecified atom stereocenters. The number of piperazine rings is 1. The van der Waals surface area contributed by atoms with Crippen molar-refractivity contribution in [1.29, 1.82) is 0 Å². The van der Waals surface area contributed by atoms with Crippen LogP contribution in [0.4, 0.5) is 0 Å². The number of rotatable bonds is 7. The number of amides is 1. The Hall–Kier alpha value is -1.73. The second-order valence-corrected chi connectivity index (χ2v) is 5.32. The topological polar surface area (TPSA) is 71.7 Å². The molecule has 1 aliphatic heterocycles. The van der Waals surface area contributed by atoms with Gasteiger partial charge in [0.25, 0.3) is 5.91 Å². The minimum atomic E-state index is -0.422. The summed E-state index contributed by atoms with van der Waals surface area (Å²) >= 11 is 0. The van der Waals surface area contributed by atoms with Gasteiger partial charge in [-0.15, -0.1) is 6.58 Å². The zero-order valence-corrected chi connectivity index (χ0v) is 13.3. The highest BCUT2D eigenvalue weighted by molar-refractivity contribution is 5.80. The Morgan fingerprint density at radius 2 is 2.18 bits per heavy atom. The molecule has 1 aromatic heterocycles. The average Bonchev–Trinajstić information content (AvgIpc) is 3.00. The van der Waals surface area contributed by atoms with E-state index in [0.29, 0.717) is 38.0 Å². The Kier molecular flexibility index (Phi) is 6.09. The van der Waals surface area contributed by atoms with Crippen molar-refractivity contribution in [2.75, 3.05) is 32.8 Å². The van der Waals surface area contributed by atoms with Crippen LogP contribution in [0.3, 0.4) is 0 Å². The van der Waals surface area contributed by atoms with Crippen molar-refractivity contribution >= 4 is 5.91 Å². The van der Waals surface area contributed by atoms with E-state index in [9.17, 15) is 4.79 Å². The Balaban J connectivity index is 1.77. The summed E-state index contributed by atoms with van der Waals surface area (Å²) in [4.78, 5) is 20.6. The third-order valence-corrected chi connectivity index (χ3v) is 3.67. The van der Waals surface area contributed by atoms with E-state index in [2.05, 4.69) is 21.6 Å². The second kappa shape index (κ2) is 8.05. The van der Waals surface area contributed by atoms with Gasteiger partial charge in [-0.3, -0.25) is 9.69 Å². The summed E-state index contributed by atoms with van der Waals surface area (Å²) < 4.78 is 10.5. The number of aromatic nitrogens is 2. The van der Waals surface area contributed by atoms with Gasteiger partial charge in [0, 0.05) is 32.6 Å². The molecule has 2 heterocycles. The molecule has 1 saturated heterocycles. The lowest BCUT2D eigenvalue weighted by Gasteiger charge is -2.35. The lowest BCUT2D eigenvalue weighted by molar-refractivity contribution is -0.143. The van der Waals surface area contributed by atoms with Crippen molar-refractivity contribution in [3.8, 4) is 0 Å². The quantitative estimate of drug-likeness (QED) is 0.696. The van der Waals surface area contributed by atoms with E-state index in [1.807, 2.05) is 11.8 Å². The van der Waals surface area contributed by atoms with Gasteiger partial charge in [-0.2, -0.15) is 4.98 Å². The van der Waals surface area contributed by atoms with Crippen LogP contribution in [0.5, 0.6) is 0 Å². The molecule has 2 rings (SSSR count). The third-order valence-electron chi connectivity index (χ3n) is 3.67. The van der Waals surface area contributed by atoms with Gasteiger partial charge in [0.15, 0.2) is 5.82 Å². The fourth-order valence-electron chi connectivity index (χ4n) is 2.37. The molecule has 22 heavy (non-hydrogen) atoms. The lowest BCUT2D eigenvalue weighted by Crippen LogP contribution is -2.51. The maximum atomic E-state index is 12.2. The molecule has 1 aliphatic rings. The van der Waals surface area contributed by atoms with Crippen LogP contribution >= 0.6 is 0 Å². The van der Waals surface area contributed by atoms with Crippen LogP contribution in [0, 0.1) is 0 Å². The average molecular weight is 308 g/mol. The number of aryl methyl sites for hydroxylation is 1. The fraction of sp³-hybridized carbons (Fsp3) is 0.667. The minimum Gasteiger partial charge on any atom is -0.365 e. The zero-order chi connectivity index (χ0) is 15.9. The zero-order valence-electron chi connectivity index (χ0n) is 13.3. The minimum absolute atomic E-state index is 0.0364. The molecule has 1 aromatic rings. The number of carbonyl (C=O) groups excluding carboxylic acids is 1. The van der Waals surface area contributed by atoms with Crippen molar-refractivity contribution in [1.82, 2.24) is 19.9 Å². The first kappa shape index (κ1) is 16.6. The SMILES string of the molecule is C=CCOC(C)C(=O)N1CCN(Cc2noc(CC)n2)CC1. The molecule has 1 atom stereocenters. The molecular weight excluding hydrogens is 284 g/mol. The summed E-state index contributed by atoms with van der Waals surface area (Å²) in [7, 11) is 0. The highest BCUT2D eigenvalue weighted by atomic mass is 16.5. The summed E-state index contributed by atoms with van der Waals surface area (Å²) in [6, 6.07) is 0. The molecule has 0 aliphatic carbocycles. The molecule has 7 nitrogen and oxygen atoms in total. The molecule has 1 fully saturated rings. The molecule has 0 spiro atoms.